The zero-order chi connectivity index (χ0) is 15.5. The molecule has 0 saturated heterocycles. The number of aryl methyl sites for hydroxylation is 1. The largest absolute Gasteiger partial charge is 0.343 e. The van der Waals surface area contributed by atoms with Crippen LogP contribution in [0.2, 0.25) is 0 Å². The van der Waals surface area contributed by atoms with E-state index in [1.807, 2.05) is 37.3 Å². The molecule has 0 amide bonds. The van der Waals surface area contributed by atoms with Crippen LogP contribution in [0.1, 0.15) is 31.4 Å². The van der Waals surface area contributed by atoms with Crippen LogP contribution in [0.15, 0.2) is 41.8 Å². The number of hydrogen-bond acceptors (Lipinski definition) is 2. The fourth-order valence-corrected chi connectivity index (χ4v) is 4.21. The Labute approximate surface area is 130 Å². The lowest BCUT2D eigenvalue weighted by Crippen LogP contribution is -2.02. The molecule has 0 unspecified atom stereocenters. The third-order valence-electron chi connectivity index (χ3n) is 3.71. The summed E-state index contributed by atoms with van der Waals surface area (Å²) in [7, 11) is 1.87. The van der Waals surface area contributed by atoms with Gasteiger partial charge in [0.05, 0.1) is 0 Å². The van der Waals surface area contributed by atoms with Gasteiger partial charge in [-0.05, 0) is 32.3 Å². The molecule has 0 fully saturated rings. The monoisotopic (exact) mass is 325 g/mol. The molecule has 0 atom stereocenters. The molecule has 1 heterocycles. The summed E-state index contributed by atoms with van der Waals surface area (Å²) in [6, 6.07) is 7.51. The summed E-state index contributed by atoms with van der Waals surface area (Å²) < 4.78 is 25.7. The third-order valence-corrected chi connectivity index (χ3v) is 5.17. The molecule has 5 heteroatoms. The highest BCUT2D eigenvalue weighted by Crippen LogP contribution is 2.32. The van der Waals surface area contributed by atoms with Gasteiger partial charge in [-0.3, -0.25) is 0 Å². The second-order valence-corrected chi connectivity index (χ2v) is 7.66. The summed E-state index contributed by atoms with van der Waals surface area (Å²) >= 11 is 0. The molecule has 21 heavy (non-hydrogen) atoms. The maximum atomic E-state index is 11.8. The van der Waals surface area contributed by atoms with E-state index < -0.39 is 9.05 Å². The van der Waals surface area contributed by atoms with Gasteiger partial charge in [0.15, 0.2) is 0 Å². The van der Waals surface area contributed by atoms with Gasteiger partial charge < -0.3 is 4.57 Å². The molecule has 0 N–H and O–H groups in total. The maximum Gasteiger partial charge on any atom is 0.263 e. The van der Waals surface area contributed by atoms with Crippen molar-refractivity contribution < 1.29 is 8.42 Å². The molecule has 1 aromatic carbocycles. The van der Waals surface area contributed by atoms with Crippen LogP contribution < -0.4 is 0 Å². The quantitative estimate of drug-likeness (QED) is 0.423. The van der Waals surface area contributed by atoms with Gasteiger partial charge in [0.1, 0.15) is 4.90 Å². The van der Waals surface area contributed by atoms with Gasteiger partial charge in [-0.1, -0.05) is 30.7 Å². The van der Waals surface area contributed by atoms with Gasteiger partial charge in [-0.2, -0.15) is 0 Å². The molecule has 2 aromatic rings. The SMILES string of the molecule is C=CCCCCCn1c(C)c(S(=O)(=O)Cl)c2ccccc21. The van der Waals surface area contributed by atoms with Crippen LogP contribution in [0.5, 0.6) is 0 Å². The van der Waals surface area contributed by atoms with Crippen LogP contribution in [0.4, 0.5) is 0 Å². The summed E-state index contributed by atoms with van der Waals surface area (Å²) in [5, 5.41) is 0.705. The van der Waals surface area contributed by atoms with E-state index in [0.717, 1.165) is 43.4 Å². The lowest BCUT2D eigenvalue weighted by molar-refractivity contribution is 0.588. The van der Waals surface area contributed by atoms with E-state index in [-0.39, 0.29) is 4.90 Å². The minimum atomic E-state index is -3.74. The third kappa shape index (κ3) is 3.50. The Kier molecular flexibility index (Phi) is 5.12. The van der Waals surface area contributed by atoms with Crippen molar-refractivity contribution >= 4 is 30.6 Å². The molecule has 3 nitrogen and oxygen atoms in total. The normalized spacial score (nSPS) is 11.9. The number of hydrogen-bond donors (Lipinski definition) is 0. The number of benzene rings is 1. The molecule has 0 aliphatic carbocycles. The molecular formula is C16H20ClNO2S. The Morgan fingerprint density at radius 3 is 2.62 bits per heavy atom. The van der Waals surface area contributed by atoms with Crippen LogP contribution in [0, 0.1) is 6.92 Å². The first kappa shape index (κ1) is 16.1. The van der Waals surface area contributed by atoms with Gasteiger partial charge in [-0.15, -0.1) is 6.58 Å². The number of fused-ring (bicyclic) bond motifs is 1. The fourth-order valence-electron chi connectivity index (χ4n) is 2.73. The predicted octanol–water partition coefficient (Wildman–Crippen LogP) is 4.62. The number of para-hydroxylation sites is 1. The molecule has 2 rings (SSSR count). The molecule has 0 radical (unpaired) electrons. The van der Waals surface area contributed by atoms with Crippen molar-refractivity contribution in [2.45, 2.75) is 44.0 Å². The van der Waals surface area contributed by atoms with E-state index in [2.05, 4.69) is 11.1 Å². The Morgan fingerprint density at radius 2 is 1.95 bits per heavy atom. The molecule has 0 saturated carbocycles. The van der Waals surface area contributed by atoms with Crippen LogP contribution in [-0.2, 0) is 15.6 Å². The Bertz CT molecular complexity index is 747. The van der Waals surface area contributed by atoms with E-state index in [1.54, 1.807) is 0 Å². The van der Waals surface area contributed by atoms with Gasteiger partial charge in [-0.25, -0.2) is 8.42 Å². The predicted molar refractivity (Wildman–Crippen MR) is 88.4 cm³/mol. The van der Waals surface area contributed by atoms with Crippen LogP contribution >= 0.6 is 10.7 Å². The standard InChI is InChI=1S/C16H20ClNO2S/c1-3-4-5-6-9-12-18-13(2)16(21(17,19)20)14-10-7-8-11-15(14)18/h3,7-8,10-11H,1,4-6,9,12H2,2H3. The number of rotatable bonds is 7. The summed E-state index contributed by atoms with van der Waals surface area (Å²) in [6.45, 7) is 6.34. The van der Waals surface area contributed by atoms with E-state index in [1.165, 1.54) is 0 Å². The first-order valence-electron chi connectivity index (χ1n) is 7.10. The zero-order valence-corrected chi connectivity index (χ0v) is 13.8. The highest BCUT2D eigenvalue weighted by molar-refractivity contribution is 8.14. The number of allylic oxidation sites excluding steroid dienone is 1. The lowest BCUT2D eigenvalue weighted by Gasteiger charge is -2.08. The van der Waals surface area contributed by atoms with Crippen molar-refractivity contribution in [1.82, 2.24) is 4.57 Å². The Hall–Kier alpha value is -1.26. The number of nitrogens with zero attached hydrogens (tertiary/aromatic N) is 1. The summed E-state index contributed by atoms with van der Waals surface area (Å²) in [5.74, 6) is 0. The molecule has 0 aliphatic heterocycles. The van der Waals surface area contributed by atoms with Gasteiger partial charge in [0, 0.05) is 33.8 Å². The average Bonchev–Trinajstić information content (AvgIpc) is 2.71. The number of halogens is 1. The van der Waals surface area contributed by atoms with Crippen LogP contribution in [-0.4, -0.2) is 13.0 Å². The second-order valence-electron chi connectivity index (χ2n) is 5.16. The van der Waals surface area contributed by atoms with E-state index in [9.17, 15) is 8.42 Å². The van der Waals surface area contributed by atoms with Crippen molar-refractivity contribution in [2.75, 3.05) is 0 Å². The van der Waals surface area contributed by atoms with Crippen molar-refractivity contribution in [3.63, 3.8) is 0 Å². The average molecular weight is 326 g/mol. The second kappa shape index (κ2) is 6.67. The van der Waals surface area contributed by atoms with Crippen molar-refractivity contribution in [2.24, 2.45) is 0 Å². The Morgan fingerprint density at radius 1 is 1.24 bits per heavy atom. The van der Waals surface area contributed by atoms with E-state index in [4.69, 9.17) is 10.7 Å². The highest BCUT2D eigenvalue weighted by Gasteiger charge is 2.22. The Balaban J connectivity index is 2.35. The number of aromatic nitrogens is 1. The molecule has 1 aromatic heterocycles. The minimum absolute atomic E-state index is 0.242. The first-order valence-corrected chi connectivity index (χ1v) is 9.41. The lowest BCUT2D eigenvalue weighted by atomic mass is 10.2. The summed E-state index contributed by atoms with van der Waals surface area (Å²) in [4.78, 5) is 0.242. The molecule has 114 valence electrons. The topological polar surface area (TPSA) is 39.1 Å². The maximum absolute atomic E-state index is 11.8. The molecule has 0 bridgehead atoms. The molecule has 0 aliphatic rings. The zero-order valence-electron chi connectivity index (χ0n) is 12.2. The van der Waals surface area contributed by atoms with Crippen molar-refractivity contribution in [1.29, 1.82) is 0 Å². The first-order chi connectivity index (χ1) is 9.96. The minimum Gasteiger partial charge on any atom is -0.343 e. The summed E-state index contributed by atoms with van der Waals surface area (Å²) in [5.41, 5.74) is 1.65. The summed E-state index contributed by atoms with van der Waals surface area (Å²) in [6.07, 6.45) is 6.17. The fraction of sp³-hybridized carbons (Fsp3) is 0.375. The van der Waals surface area contributed by atoms with Crippen LogP contribution in [0.3, 0.4) is 0 Å². The van der Waals surface area contributed by atoms with Gasteiger partial charge in [0.25, 0.3) is 9.05 Å². The van der Waals surface area contributed by atoms with Gasteiger partial charge >= 0.3 is 0 Å². The van der Waals surface area contributed by atoms with Crippen molar-refractivity contribution in [3.05, 3.63) is 42.6 Å². The van der Waals surface area contributed by atoms with Crippen LogP contribution in [0.25, 0.3) is 10.9 Å². The molecular weight excluding hydrogens is 306 g/mol. The molecule has 0 spiro atoms. The van der Waals surface area contributed by atoms with E-state index >= 15 is 0 Å². The van der Waals surface area contributed by atoms with Crippen molar-refractivity contribution in [3.8, 4) is 0 Å². The van der Waals surface area contributed by atoms with E-state index in [0.29, 0.717) is 5.39 Å². The highest BCUT2D eigenvalue weighted by atomic mass is 35.7. The van der Waals surface area contributed by atoms with Gasteiger partial charge in [0.2, 0.25) is 0 Å². The number of unbranched alkanes of at least 4 members (excludes halogenated alkanes) is 3. The smallest absolute Gasteiger partial charge is 0.263 e.